The molecule has 20 heavy (non-hydrogen) atoms. The van der Waals surface area contributed by atoms with Gasteiger partial charge in [-0.2, -0.15) is 0 Å². The smallest absolute Gasteiger partial charge is 0.165 e. The molecule has 0 saturated carbocycles. The maximum absolute atomic E-state index is 13.7. The van der Waals surface area contributed by atoms with Gasteiger partial charge in [-0.15, -0.1) is 0 Å². The monoisotopic (exact) mass is 273 g/mol. The van der Waals surface area contributed by atoms with E-state index in [4.69, 9.17) is 4.74 Å². The van der Waals surface area contributed by atoms with Gasteiger partial charge < -0.3 is 10.1 Å². The predicted molar refractivity (Wildman–Crippen MR) is 79.4 cm³/mol. The Kier molecular flexibility index (Phi) is 5.56. The molecule has 0 aliphatic heterocycles. The number of nitrogens with one attached hydrogen (secondary N) is 1. The molecule has 106 valence electrons. The summed E-state index contributed by atoms with van der Waals surface area (Å²) in [5, 5.41) is 3.33. The molecule has 0 amide bonds. The van der Waals surface area contributed by atoms with Gasteiger partial charge in [0, 0.05) is 6.54 Å². The standard InChI is InChI=1S/C17H20FNO/c1-2-12-19-13-17(14-8-4-3-5-9-14)20-16-11-7-6-10-15(16)18/h3-11,17,19H,2,12-13H2,1H3. The highest BCUT2D eigenvalue weighted by Crippen LogP contribution is 2.24. The van der Waals surface area contributed by atoms with E-state index in [-0.39, 0.29) is 11.9 Å². The molecule has 1 unspecified atom stereocenters. The molecule has 2 rings (SSSR count). The third-order valence-electron chi connectivity index (χ3n) is 3.03. The van der Waals surface area contributed by atoms with Crippen LogP contribution in [0.4, 0.5) is 4.39 Å². The van der Waals surface area contributed by atoms with Crippen LogP contribution in [0.2, 0.25) is 0 Å². The second-order valence-corrected chi connectivity index (χ2v) is 4.65. The summed E-state index contributed by atoms with van der Waals surface area (Å²) in [5.41, 5.74) is 1.04. The van der Waals surface area contributed by atoms with E-state index in [0.29, 0.717) is 12.3 Å². The van der Waals surface area contributed by atoms with E-state index in [1.54, 1.807) is 18.2 Å². The van der Waals surface area contributed by atoms with Gasteiger partial charge in [-0.05, 0) is 30.7 Å². The van der Waals surface area contributed by atoms with Crippen LogP contribution in [0.15, 0.2) is 54.6 Å². The first kappa shape index (κ1) is 14.5. The summed E-state index contributed by atoms with van der Waals surface area (Å²) < 4.78 is 19.5. The minimum atomic E-state index is -0.330. The van der Waals surface area contributed by atoms with Gasteiger partial charge >= 0.3 is 0 Å². The van der Waals surface area contributed by atoms with E-state index in [1.165, 1.54) is 6.07 Å². The Balaban J connectivity index is 2.12. The maximum Gasteiger partial charge on any atom is 0.165 e. The van der Waals surface area contributed by atoms with Crippen LogP contribution in [0, 0.1) is 5.82 Å². The van der Waals surface area contributed by atoms with Crippen molar-refractivity contribution in [3.8, 4) is 5.75 Å². The Morgan fingerprint density at radius 2 is 1.75 bits per heavy atom. The van der Waals surface area contributed by atoms with E-state index in [2.05, 4.69) is 12.2 Å². The summed E-state index contributed by atoms with van der Waals surface area (Å²) in [4.78, 5) is 0. The summed E-state index contributed by atoms with van der Waals surface area (Å²) >= 11 is 0. The zero-order chi connectivity index (χ0) is 14.2. The lowest BCUT2D eigenvalue weighted by atomic mass is 10.1. The van der Waals surface area contributed by atoms with Gasteiger partial charge in [-0.3, -0.25) is 0 Å². The van der Waals surface area contributed by atoms with Crippen molar-refractivity contribution in [3.05, 3.63) is 66.0 Å². The molecule has 1 atom stereocenters. The predicted octanol–water partition coefficient (Wildman–Crippen LogP) is 3.95. The Morgan fingerprint density at radius 1 is 1.05 bits per heavy atom. The van der Waals surface area contributed by atoms with Crippen LogP contribution in [-0.4, -0.2) is 13.1 Å². The van der Waals surface area contributed by atoms with Crippen LogP contribution in [0.3, 0.4) is 0 Å². The SMILES string of the molecule is CCCNCC(Oc1ccccc1F)c1ccccc1. The molecule has 3 heteroatoms. The summed E-state index contributed by atoms with van der Waals surface area (Å²) in [7, 11) is 0. The molecule has 0 spiro atoms. The van der Waals surface area contributed by atoms with Gasteiger partial charge in [0.25, 0.3) is 0 Å². The Hall–Kier alpha value is -1.87. The van der Waals surface area contributed by atoms with Gasteiger partial charge in [-0.25, -0.2) is 4.39 Å². The van der Waals surface area contributed by atoms with Crippen LogP contribution < -0.4 is 10.1 Å². The molecular weight excluding hydrogens is 253 g/mol. The van der Waals surface area contributed by atoms with Crippen LogP contribution in [-0.2, 0) is 0 Å². The molecule has 0 aromatic heterocycles. The van der Waals surface area contributed by atoms with E-state index in [0.717, 1.165) is 18.5 Å². The molecule has 2 aromatic carbocycles. The van der Waals surface area contributed by atoms with Crippen molar-refractivity contribution < 1.29 is 9.13 Å². The van der Waals surface area contributed by atoms with E-state index < -0.39 is 0 Å². The molecule has 0 radical (unpaired) electrons. The fraction of sp³-hybridized carbons (Fsp3) is 0.294. The molecule has 0 saturated heterocycles. The lowest BCUT2D eigenvalue weighted by Gasteiger charge is -2.20. The Morgan fingerprint density at radius 3 is 2.45 bits per heavy atom. The fourth-order valence-corrected chi connectivity index (χ4v) is 2.00. The fourth-order valence-electron chi connectivity index (χ4n) is 2.00. The average Bonchev–Trinajstić information content (AvgIpc) is 2.49. The molecule has 2 nitrogen and oxygen atoms in total. The van der Waals surface area contributed by atoms with Crippen molar-refractivity contribution in [1.29, 1.82) is 0 Å². The van der Waals surface area contributed by atoms with Gasteiger partial charge in [0.15, 0.2) is 11.6 Å². The number of benzene rings is 2. The molecule has 0 fully saturated rings. The van der Waals surface area contributed by atoms with Gasteiger partial charge in [0.05, 0.1) is 0 Å². The van der Waals surface area contributed by atoms with Crippen LogP contribution in [0.1, 0.15) is 25.0 Å². The normalized spacial score (nSPS) is 12.1. The number of ether oxygens (including phenoxy) is 1. The van der Waals surface area contributed by atoms with Crippen molar-refractivity contribution in [2.24, 2.45) is 0 Å². The zero-order valence-electron chi connectivity index (χ0n) is 11.7. The molecule has 0 bridgehead atoms. The van der Waals surface area contributed by atoms with Crippen molar-refractivity contribution in [2.45, 2.75) is 19.4 Å². The molecule has 1 N–H and O–H groups in total. The van der Waals surface area contributed by atoms with Crippen molar-refractivity contribution in [3.63, 3.8) is 0 Å². The molecule has 0 aliphatic rings. The first-order chi connectivity index (χ1) is 9.81. The third-order valence-corrected chi connectivity index (χ3v) is 3.03. The number of halogens is 1. The van der Waals surface area contributed by atoms with E-state index >= 15 is 0 Å². The van der Waals surface area contributed by atoms with Gasteiger partial charge in [-0.1, -0.05) is 49.4 Å². The molecule has 0 heterocycles. The molecule has 2 aromatic rings. The highest BCUT2D eigenvalue weighted by molar-refractivity contribution is 5.26. The van der Waals surface area contributed by atoms with Crippen molar-refractivity contribution in [1.82, 2.24) is 5.32 Å². The zero-order valence-corrected chi connectivity index (χ0v) is 11.7. The van der Waals surface area contributed by atoms with E-state index in [9.17, 15) is 4.39 Å². The summed E-state index contributed by atoms with van der Waals surface area (Å²) in [6, 6.07) is 16.4. The number of para-hydroxylation sites is 1. The second kappa shape index (κ2) is 7.65. The number of hydrogen-bond acceptors (Lipinski definition) is 2. The Bertz CT molecular complexity index is 515. The van der Waals surface area contributed by atoms with Gasteiger partial charge in [0.1, 0.15) is 6.10 Å². The van der Waals surface area contributed by atoms with E-state index in [1.807, 2.05) is 30.3 Å². The maximum atomic E-state index is 13.7. The first-order valence-corrected chi connectivity index (χ1v) is 6.98. The largest absolute Gasteiger partial charge is 0.481 e. The summed E-state index contributed by atoms with van der Waals surface area (Å²) in [5.74, 6) is -0.0384. The topological polar surface area (TPSA) is 21.3 Å². The number of hydrogen-bond donors (Lipinski definition) is 1. The van der Waals surface area contributed by atoms with Crippen LogP contribution in [0.5, 0.6) is 5.75 Å². The minimum absolute atomic E-state index is 0.195. The number of rotatable bonds is 7. The summed E-state index contributed by atoms with van der Waals surface area (Å²) in [6.07, 6.45) is 0.862. The highest BCUT2D eigenvalue weighted by atomic mass is 19.1. The molecule has 0 aliphatic carbocycles. The minimum Gasteiger partial charge on any atom is -0.481 e. The lowest BCUT2D eigenvalue weighted by Crippen LogP contribution is -2.26. The molecular formula is C17H20FNO. The third kappa shape index (κ3) is 4.07. The first-order valence-electron chi connectivity index (χ1n) is 6.98. The highest BCUT2D eigenvalue weighted by Gasteiger charge is 2.14. The van der Waals surface area contributed by atoms with Gasteiger partial charge in [0.2, 0.25) is 0 Å². The quantitative estimate of drug-likeness (QED) is 0.771. The summed E-state index contributed by atoms with van der Waals surface area (Å²) in [6.45, 7) is 3.69. The van der Waals surface area contributed by atoms with Crippen molar-refractivity contribution >= 4 is 0 Å². The second-order valence-electron chi connectivity index (χ2n) is 4.65. The Labute approximate surface area is 119 Å². The lowest BCUT2D eigenvalue weighted by molar-refractivity contribution is 0.193. The van der Waals surface area contributed by atoms with Crippen molar-refractivity contribution in [2.75, 3.05) is 13.1 Å². The van der Waals surface area contributed by atoms with Crippen LogP contribution in [0.25, 0.3) is 0 Å². The van der Waals surface area contributed by atoms with Crippen LogP contribution >= 0.6 is 0 Å². The average molecular weight is 273 g/mol.